The van der Waals surface area contributed by atoms with Crippen LogP contribution < -0.4 is 10.3 Å². The second kappa shape index (κ2) is 16.2. The molecule has 0 fully saturated rings. The van der Waals surface area contributed by atoms with Crippen LogP contribution in [0.2, 0.25) is 5.02 Å². The third-order valence-electron chi connectivity index (χ3n) is 6.89. The number of nitriles is 2. The number of aryl methyl sites for hydroxylation is 1. The van der Waals surface area contributed by atoms with Gasteiger partial charge in [-0.15, -0.1) is 15.3 Å². The minimum Gasteiger partial charge on any atom is -0.369 e. The number of benzene rings is 4. The highest BCUT2D eigenvalue weighted by Gasteiger charge is 2.20. The van der Waals surface area contributed by atoms with Crippen LogP contribution in [-0.2, 0) is 0 Å². The summed E-state index contributed by atoms with van der Waals surface area (Å²) in [5, 5.41) is 42.2. The summed E-state index contributed by atoms with van der Waals surface area (Å²) >= 11 is 6.20. The molecule has 4 rings (SSSR count). The second-order valence-electron chi connectivity index (χ2n) is 10.0. The van der Waals surface area contributed by atoms with Gasteiger partial charge in [-0.2, -0.15) is 10.5 Å². The van der Waals surface area contributed by atoms with E-state index in [0.717, 1.165) is 5.69 Å². The third-order valence-corrected chi connectivity index (χ3v) is 7.13. The summed E-state index contributed by atoms with van der Waals surface area (Å²) in [6.45, 7) is 2.66. The number of carbonyl (C=O) groups is 2. The SMILES string of the molecule is Cc1cc(N(CCC#N)CCC#N)ccc1/C(N=Nc1ccc([N+](=O)[O-])cc1)=N/NC(=O)c1cc(Cl)ccc1C(=O)c1ccccc1. The molecule has 0 aliphatic carbocycles. The summed E-state index contributed by atoms with van der Waals surface area (Å²) < 4.78 is 0. The zero-order chi connectivity index (χ0) is 33.8. The van der Waals surface area contributed by atoms with Crippen molar-refractivity contribution in [3.63, 3.8) is 0 Å². The normalized spacial score (nSPS) is 11.0. The predicted octanol–water partition coefficient (Wildman–Crippen LogP) is 7.30. The Morgan fingerprint density at radius 2 is 1.55 bits per heavy atom. The summed E-state index contributed by atoms with van der Waals surface area (Å²) in [6.07, 6.45) is 0.541. The monoisotopic (exact) mass is 646 g/mol. The Morgan fingerprint density at radius 3 is 2.17 bits per heavy atom. The number of anilines is 1. The standard InChI is InChI=1S/C34H27ClN8O4/c1-23-21-28(42(19-5-17-36)20-6-18-37)14-16-29(23)33(39-38-26-10-12-27(13-11-26)43(46)47)40-41-34(45)31-22-25(35)9-15-30(31)32(44)24-7-3-2-4-8-24/h2-4,7-16,21-22H,5-6,19-20H2,1H3,(H,41,45)/b39-38?,40-33-. The first kappa shape index (κ1) is 33.6. The van der Waals surface area contributed by atoms with E-state index in [1.165, 1.54) is 42.5 Å². The van der Waals surface area contributed by atoms with Crippen molar-refractivity contribution >= 4 is 46.2 Å². The number of rotatable bonds is 12. The number of carbonyl (C=O) groups excluding carboxylic acids is 2. The van der Waals surface area contributed by atoms with E-state index < -0.39 is 10.8 Å². The Labute approximate surface area is 275 Å². The first-order valence-corrected chi connectivity index (χ1v) is 14.6. The van der Waals surface area contributed by atoms with Crippen LogP contribution in [0.1, 0.15) is 50.2 Å². The van der Waals surface area contributed by atoms with Crippen molar-refractivity contribution in [1.82, 2.24) is 5.43 Å². The number of hydrogen-bond acceptors (Lipinski definition) is 9. The molecule has 4 aromatic rings. The van der Waals surface area contributed by atoms with E-state index in [9.17, 15) is 19.7 Å². The van der Waals surface area contributed by atoms with E-state index in [1.807, 2.05) is 11.0 Å². The van der Waals surface area contributed by atoms with Crippen LogP contribution in [0.4, 0.5) is 17.1 Å². The maximum atomic E-state index is 13.5. The molecule has 0 bridgehead atoms. The van der Waals surface area contributed by atoms with Crippen molar-refractivity contribution in [2.45, 2.75) is 19.8 Å². The fourth-order valence-electron chi connectivity index (χ4n) is 4.53. The highest BCUT2D eigenvalue weighted by Crippen LogP contribution is 2.24. The van der Waals surface area contributed by atoms with Gasteiger partial charge in [0.05, 0.1) is 41.2 Å². The van der Waals surface area contributed by atoms with Crippen molar-refractivity contribution in [2.75, 3.05) is 18.0 Å². The molecule has 0 atom stereocenters. The van der Waals surface area contributed by atoms with Crippen LogP contribution in [0.15, 0.2) is 106 Å². The van der Waals surface area contributed by atoms with Gasteiger partial charge >= 0.3 is 0 Å². The van der Waals surface area contributed by atoms with Gasteiger partial charge in [-0.1, -0.05) is 41.9 Å². The van der Waals surface area contributed by atoms with Crippen molar-refractivity contribution in [2.24, 2.45) is 15.3 Å². The van der Waals surface area contributed by atoms with Crippen LogP contribution in [0, 0.1) is 39.7 Å². The summed E-state index contributed by atoms with van der Waals surface area (Å²) in [4.78, 5) is 39.2. The zero-order valence-electron chi connectivity index (χ0n) is 25.1. The number of halogens is 1. The Morgan fingerprint density at radius 1 is 0.894 bits per heavy atom. The lowest BCUT2D eigenvalue weighted by Gasteiger charge is -2.23. The van der Waals surface area contributed by atoms with E-state index in [0.29, 0.717) is 35.5 Å². The van der Waals surface area contributed by atoms with Crippen molar-refractivity contribution in [3.8, 4) is 12.1 Å². The number of azo groups is 1. The van der Waals surface area contributed by atoms with Crippen LogP contribution in [-0.4, -0.2) is 35.5 Å². The molecule has 0 spiro atoms. The molecule has 0 saturated carbocycles. The lowest BCUT2D eigenvalue weighted by molar-refractivity contribution is -0.384. The van der Waals surface area contributed by atoms with Crippen LogP contribution in [0.25, 0.3) is 0 Å². The molecule has 1 amide bonds. The van der Waals surface area contributed by atoms with Crippen LogP contribution in [0.5, 0.6) is 0 Å². The highest BCUT2D eigenvalue weighted by molar-refractivity contribution is 6.31. The molecule has 0 aromatic heterocycles. The minimum absolute atomic E-state index is 0.000502. The van der Waals surface area contributed by atoms with Crippen molar-refractivity contribution in [3.05, 3.63) is 134 Å². The Kier molecular flexibility index (Phi) is 11.6. The average molecular weight is 647 g/mol. The number of ketones is 1. The van der Waals surface area contributed by atoms with Crippen molar-refractivity contribution < 1.29 is 14.5 Å². The van der Waals surface area contributed by atoms with Crippen molar-refractivity contribution in [1.29, 1.82) is 10.5 Å². The lowest BCUT2D eigenvalue weighted by Crippen LogP contribution is -2.25. The number of nitro benzene ring substituents is 1. The molecule has 0 radical (unpaired) electrons. The summed E-state index contributed by atoms with van der Waals surface area (Å²) in [6, 6.07) is 27.8. The highest BCUT2D eigenvalue weighted by atomic mass is 35.5. The molecule has 234 valence electrons. The number of non-ortho nitro benzene ring substituents is 1. The molecule has 13 heteroatoms. The third kappa shape index (κ3) is 8.91. The van der Waals surface area contributed by atoms with Crippen LogP contribution >= 0.6 is 11.6 Å². The first-order valence-electron chi connectivity index (χ1n) is 14.2. The average Bonchev–Trinajstić information content (AvgIpc) is 3.08. The number of amidine groups is 1. The van der Waals surface area contributed by atoms with Gasteiger partial charge in [0.25, 0.3) is 11.6 Å². The topological polar surface area (TPSA) is 177 Å². The first-order chi connectivity index (χ1) is 22.7. The molecule has 0 heterocycles. The van der Waals surface area contributed by atoms with Crippen LogP contribution in [0.3, 0.4) is 0 Å². The fraction of sp³-hybridized carbons (Fsp3) is 0.147. The fourth-order valence-corrected chi connectivity index (χ4v) is 4.70. The molecule has 1 N–H and O–H groups in total. The van der Waals surface area contributed by atoms with Gasteiger partial charge in [-0.3, -0.25) is 19.7 Å². The number of nitrogens with zero attached hydrogens (tertiary/aromatic N) is 7. The minimum atomic E-state index is -0.719. The summed E-state index contributed by atoms with van der Waals surface area (Å²) in [7, 11) is 0. The van der Waals surface area contributed by atoms with E-state index in [4.69, 9.17) is 22.1 Å². The number of nitro groups is 1. The molecule has 4 aromatic carbocycles. The zero-order valence-corrected chi connectivity index (χ0v) is 25.9. The second-order valence-corrected chi connectivity index (χ2v) is 10.5. The maximum absolute atomic E-state index is 13.5. The molecular weight excluding hydrogens is 620 g/mol. The molecule has 12 nitrogen and oxygen atoms in total. The number of amides is 1. The quantitative estimate of drug-likeness (QED) is 0.0419. The summed E-state index contributed by atoms with van der Waals surface area (Å²) in [5.74, 6) is -1.10. The molecular formula is C34H27ClN8O4. The maximum Gasteiger partial charge on any atom is 0.272 e. The van der Waals surface area contributed by atoms with Gasteiger partial charge in [0, 0.05) is 52.6 Å². The van der Waals surface area contributed by atoms with E-state index in [-0.39, 0.29) is 46.3 Å². The number of hydrazone groups is 1. The lowest BCUT2D eigenvalue weighted by atomic mass is 9.98. The number of hydrogen-bond donors (Lipinski definition) is 1. The van der Waals surface area contributed by atoms with Gasteiger partial charge in [0.2, 0.25) is 5.84 Å². The summed E-state index contributed by atoms with van der Waals surface area (Å²) in [5.41, 5.74) is 5.12. The Bertz CT molecular complexity index is 1910. The van der Waals surface area contributed by atoms with Gasteiger partial charge in [-0.05, 0) is 61.0 Å². The Balaban J connectivity index is 1.71. The molecule has 47 heavy (non-hydrogen) atoms. The van der Waals surface area contributed by atoms with Gasteiger partial charge in [-0.25, -0.2) is 5.43 Å². The van der Waals surface area contributed by atoms with Gasteiger partial charge < -0.3 is 4.90 Å². The molecule has 0 aliphatic heterocycles. The molecule has 0 aliphatic rings. The predicted molar refractivity (Wildman–Crippen MR) is 177 cm³/mol. The molecule has 0 unspecified atom stereocenters. The Hall–Kier alpha value is -6.24. The smallest absolute Gasteiger partial charge is 0.272 e. The molecule has 0 saturated heterocycles. The van der Waals surface area contributed by atoms with Gasteiger partial charge in [0.1, 0.15) is 0 Å². The van der Waals surface area contributed by atoms with E-state index in [1.54, 1.807) is 49.4 Å². The largest absolute Gasteiger partial charge is 0.369 e. The van der Waals surface area contributed by atoms with E-state index in [2.05, 4.69) is 32.9 Å². The number of nitrogens with one attached hydrogen (secondary N) is 1. The van der Waals surface area contributed by atoms with Gasteiger partial charge in [0.15, 0.2) is 5.78 Å². The van der Waals surface area contributed by atoms with E-state index >= 15 is 0 Å².